The van der Waals surface area contributed by atoms with Gasteiger partial charge in [-0.1, -0.05) is 44.1 Å². The Hall–Kier alpha value is -0.980. The van der Waals surface area contributed by atoms with Gasteiger partial charge in [0.25, 0.3) is 0 Å². The van der Waals surface area contributed by atoms with E-state index >= 15 is 0 Å². The third-order valence-corrected chi connectivity index (χ3v) is 3.02. The predicted octanol–water partition coefficient (Wildman–Crippen LogP) is 3.94. The first kappa shape index (κ1) is 12.1. The molecule has 0 bridgehead atoms. The molecule has 0 heterocycles. The van der Waals surface area contributed by atoms with Crippen molar-refractivity contribution >= 4 is 0 Å². The van der Waals surface area contributed by atoms with Gasteiger partial charge in [0.15, 0.2) is 0 Å². The van der Waals surface area contributed by atoms with Crippen LogP contribution in [-0.2, 0) is 0 Å². The molecular weight excluding hydrogens is 182 g/mol. The molecule has 0 aliphatic heterocycles. The van der Waals surface area contributed by atoms with E-state index in [1.807, 2.05) is 0 Å². The zero-order valence-electron chi connectivity index (χ0n) is 10.1. The molecule has 1 nitrogen and oxygen atoms in total. The molecule has 0 radical (unpaired) electrons. The average molecular weight is 205 g/mol. The highest BCUT2D eigenvalue weighted by atomic mass is 14.9. The van der Waals surface area contributed by atoms with Gasteiger partial charge >= 0.3 is 0 Å². The maximum atomic E-state index is 4.03. The van der Waals surface area contributed by atoms with E-state index in [-0.39, 0.29) is 0 Å². The third kappa shape index (κ3) is 4.37. The minimum Gasteiger partial charge on any atom is -0.383 e. The normalized spacial score (nSPS) is 18.7. The lowest BCUT2D eigenvalue weighted by Gasteiger charge is -2.13. The Kier molecular flexibility index (Phi) is 5.23. The van der Waals surface area contributed by atoms with Gasteiger partial charge < -0.3 is 5.32 Å². The fourth-order valence-corrected chi connectivity index (χ4v) is 2.01. The number of nitrogens with one attached hydrogen (secondary N) is 1. The highest BCUT2D eigenvalue weighted by Crippen LogP contribution is 2.18. The highest BCUT2D eigenvalue weighted by molar-refractivity contribution is 5.25. The van der Waals surface area contributed by atoms with Crippen molar-refractivity contribution in [2.45, 2.75) is 52.0 Å². The Labute approximate surface area is 94.0 Å². The summed E-state index contributed by atoms with van der Waals surface area (Å²) in [6.45, 7) is 8.29. The second-order valence-corrected chi connectivity index (χ2v) is 4.20. The van der Waals surface area contributed by atoms with Gasteiger partial charge in [-0.25, -0.2) is 0 Å². The molecule has 0 atom stereocenters. The molecule has 84 valence electrons. The summed E-state index contributed by atoms with van der Waals surface area (Å²) < 4.78 is 0. The monoisotopic (exact) mass is 205 g/mol. The van der Waals surface area contributed by atoms with Gasteiger partial charge in [0.2, 0.25) is 0 Å². The molecule has 0 amide bonds. The Morgan fingerprint density at radius 1 is 1.33 bits per heavy atom. The molecule has 1 aliphatic carbocycles. The molecule has 0 unspecified atom stereocenters. The van der Waals surface area contributed by atoms with Gasteiger partial charge in [-0.15, -0.1) is 0 Å². The first-order chi connectivity index (χ1) is 7.26. The summed E-state index contributed by atoms with van der Waals surface area (Å²) in [7, 11) is 0. The van der Waals surface area contributed by atoms with Crippen LogP contribution in [0, 0.1) is 0 Å². The third-order valence-electron chi connectivity index (χ3n) is 3.02. The Balaban J connectivity index is 2.34. The van der Waals surface area contributed by atoms with Crippen LogP contribution < -0.4 is 5.32 Å². The molecule has 1 aliphatic rings. The van der Waals surface area contributed by atoms with Crippen LogP contribution in [-0.4, -0.2) is 6.04 Å². The van der Waals surface area contributed by atoms with E-state index in [0.29, 0.717) is 6.04 Å². The standard InChI is InChI=1S/C14H23N/c1-4-13(5-2)11-10-12(3)15-14-8-6-7-9-14/h4,10-11,14-15H,3,5-9H2,1-2H3/b11-10-,13-4-. The molecule has 1 rings (SSSR count). The van der Waals surface area contributed by atoms with Crippen LogP contribution in [0.2, 0.25) is 0 Å². The topological polar surface area (TPSA) is 12.0 Å². The first-order valence-electron chi connectivity index (χ1n) is 6.05. The maximum absolute atomic E-state index is 4.03. The zero-order chi connectivity index (χ0) is 11.1. The minimum absolute atomic E-state index is 0.665. The van der Waals surface area contributed by atoms with Gasteiger partial charge in [0, 0.05) is 11.7 Å². The van der Waals surface area contributed by atoms with Crippen LogP contribution in [0.15, 0.2) is 36.1 Å². The fourth-order valence-electron chi connectivity index (χ4n) is 2.01. The second-order valence-electron chi connectivity index (χ2n) is 4.20. The number of hydrogen-bond acceptors (Lipinski definition) is 1. The summed E-state index contributed by atoms with van der Waals surface area (Å²) in [6.07, 6.45) is 12.8. The van der Waals surface area contributed by atoms with Crippen molar-refractivity contribution in [3.05, 3.63) is 36.1 Å². The molecule has 1 N–H and O–H groups in total. The predicted molar refractivity (Wildman–Crippen MR) is 67.7 cm³/mol. The van der Waals surface area contributed by atoms with Gasteiger partial charge in [-0.3, -0.25) is 0 Å². The van der Waals surface area contributed by atoms with E-state index in [1.165, 1.54) is 31.3 Å². The van der Waals surface area contributed by atoms with E-state index in [1.54, 1.807) is 0 Å². The molecule has 15 heavy (non-hydrogen) atoms. The van der Waals surface area contributed by atoms with Crippen LogP contribution >= 0.6 is 0 Å². The van der Waals surface area contributed by atoms with E-state index in [2.05, 4.69) is 44.0 Å². The number of rotatable bonds is 5. The summed E-state index contributed by atoms with van der Waals surface area (Å²) in [5.74, 6) is 0. The summed E-state index contributed by atoms with van der Waals surface area (Å²) in [5.41, 5.74) is 2.42. The van der Waals surface area contributed by atoms with Crippen LogP contribution in [0.5, 0.6) is 0 Å². The fraction of sp³-hybridized carbons (Fsp3) is 0.571. The molecule has 0 aromatic heterocycles. The van der Waals surface area contributed by atoms with Crippen LogP contribution in [0.1, 0.15) is 46.0 Å². The van der Waals surface area contributed by atoms with E-state index in [4.69, 9.17) is 0 Å². The average Bonchev–Trinajstić information content (AvgIpc) is 2.72. The van der Waals surface area contributed by atoms with Crippen molar-refractivity contribution < 1.29 is 0 Å². The van der Waals surface area contributed by atoms with Crippen molar-refractivity contribution in [2.75, 3.05) is 0 Å². The van der Waals surface area contributed by atoms with Gasteiger partial charge in [-0.05, 0) is 32.3 Å². The summed E-state index contributed by atoms with van der Waals surface area (Å²) in [6, 6.07) is 0.665. The van der Waals surface area contributed by atoms with Crippen LogP contribution in [0.25, 0.3) is 0 Å². The van der Waals surface area contributed by atoms with Crippen molar-refractivity contribution in [1.29, 1.82) is 0 Å². The van der Waals surface area contributed by atoms with Crippen molar-refractivity contribution in [2.24, 2.45) is 0 Å². The van der Waals surface area contributed by atoms with Gasteiger partial charge in [-0.2, -0.15) is 0 Å². The van der Waals surface area contributed by atoms with Crippen LogP contribution in [0.4, 0.5) is 0 Å². The van der Waals surface area contributed by atoms with E-state index in [0.717, 1.165) is 12.1 Å². The Morgan fingerprint density at radius 3 is 2.53 bits per heavy atom. The lowest BCUT2D eigenvalue weighted by molar-refractivity contribution is 0.594. The molecule has 0 aromatic rings. The SMILES string of the molecule is C=C(/C=C\C(=C/C)CC)NC1CCCC1. The van der Waals surface area contributed by atoms with E-state index < -0.39 is 0 Å². The maximum Gasteiger partial charge on any atom is 0.0269 e. The Bertz CT molecular complexity index is 255. The van der Waals surface area contributed by atoms with Gasteiger partial charge in [0.05, 0.1) is 0 Å². The number of hydrogen-bond donors (Lipinski definition) is 1. The van der Waals surface area contributed by atoms with Crippen LogP contribution in [0.3, 0.4) is 0 Å². The first-order valence-corrected chi connectivity index (χ1v) is 6.05. The lowest BCUT2D eigenvalue weighted by atomic mass is 10.1. The molecule has 1 saturated carbocycles. The minimum atomic E-state index is 0.665. The molecule has 0 saturated heterocycles. The smallest absolute Gasteiger partial charge is 0.0269 e. The Morgan fingerprint density at radius 2 is 2.00 bits per heavy atom. The second kappa shape index (κ2) is 6.49. The number of allylic oxidation sites excluding steroid dienone is 4. The molecular formula is C14H23N. The van der Waals surface area contributed by atoms with Gasteiger partial charge in [0.1, 0.15) is 0 Å². The summed E-state index contributed by atoms with van der Waals surface area (Å²) in [4.78, 5) is 0. The van der Waals surface area contributed by atoms with E-state index in [9.17, 15) is 0 Å². The summed E-state index contributed by atoms with van der Waals surface area (Å²) in [5, 5.41) is 3.47. The molecule has 1 heteroatoms. The molecule has 0 aromatic carbocycles. The lowest BCUT2D eigenvalue weighted by Crippen LogP contribution is -2.23. The molecule has 1 fully saturated rings. The molecule has 0 spiro atoms. The highest BCUT2D eigenvalue weighted by Gasteiger charge is 2.13. The zero-order valence-corrected chi connectivity index (χ0v) is 10.1. The largest absolute Gasteiger partial charge is 0.383 e. The van der Waals surface area contributed by atoms with Crippen molar-refractivity contribution in [1.82, 2.24) is 5.32 Å². The quantitative estimate of drug-likeness (QED) is 0.670. The van der Waals surface area contributed by atoms with Crippen molar-refractivity contribution in [3.63, 3.8) is 0 Å². The summed E-state index contributed by atoms with van der Waals surface area (Å²) >= 11 is 0. The van der Waals surface area contributed by atoms with Crippen molar-refractivity contribution in [3.8, 4) is 0 Å².